The summed E-state index contributed by atoms with van der Waals surface area (Å²) in [6, 6.07) is 8.20. The first kappa shape index (κ1) is 19.1. The third-order valence-corrected chi connectivity index (χ3v) is 4.24. The molecule has 1 amide bonds. The second-order valence-corrected chi connectivity index (χ2v) is 6.32. The van der Waals surface area contributed by atoms with E-state index in [4.69, 9.17) is 14.7 Å². The fourth-order valence-electron chi connectivity index (χ4n) is 2.86. The number of methoxy groups -OCH3 is 1. The molecule has 1 saturated heterocycles. The Balaban J connectivity index is 1.86. The lowest BCUT2D eigenvalue weighted by Gasteiger charge is -2.22. The lowest BCUT2D eigenvalue weighted by Crippen LogP contribution is -2.39. The first-order chi connectivity index (χ1) is 12.1. The van der Waals surface area contributed by atoms with Gasteiger partial charge in [-0.25, -0.2) is 0 Å². The number of unbranched alkanes of at least 4 members (excludes halogenated alkanes) is 1. The van der Waals surface area contributed by atoms with Gasteiger partial charge in [-0.3, -0.25) is 4.79 Å². The Labute approximate surface area is 149 Å². The SMILES string of the molecule is COc1ccc(CNC(C)CN2CCCC2=O)cc1OCCCC#N. The van der Waals surface area contributed by atoms with E-state index in [1.165, 1.54) is 0 Å². The maximum absolute atomic E-state index is 11.7. The highest BCUT2D eigenvalue weighted by Gasteiger charge is 2.21. The molecule has 1 N–H and O–H groups in total. The van der Waals surface area contributed by atoms with Gasteiger partial charge in [-0.05, 0) is 37.5 Å². The van der Waals surface area contributed by atoms with E-state index in [0.29, 0.717) is 43.9 Å². The summed E-state index contributed by atoms with van der Waals surface area (Å²) in [6.45, 7) is 4.89. The van der Waals surface area contributed by atoms with Gasteiger partial charge in [-0.1, -0.05) is 6.07 Å². The zero-order chi connectivity index (χ0) is 18.1. The molecule has 1 unspecified atom stereocenters. The van der Waals surface area contributed by atoms with Gasteiger partial charge in [-0.2, -0.15) is 5.26 Å². The number of carbonyl (C=O) groups is 1. The Morgan fingerprint density at radius 2 is 2.24 bits per heavy atom. The molecule has 6 nitrogen and oxygen atoms in total. The molecule has 0 spiro atoms. The molecule has 1 atom stereocenters. The normalized spacial score (nSPS) is 15.1. The van der Waals surface area contributed by atoms with Crippen LogP contribution >= 0.6 is 0 Å². The van der Waals surface area contributed by atoms with Gasteiger partial charge < -0.3 is 19.7 Å². The molecule has 136 valence electrons. The number of nitrogens with zero attached hydrogens (tertiary/aromatic N) is 2. The average molecular weight is 345 g/mol. The van der Waals surface area contributed by atoms with Gasteiger partial charge >= 0.3 is 0 Å². The Morgan fingerprint density at radius 1 is 1.40 bits per heavy atom. The molecule has 25 heavy (non-hydrogen) atoms. The Bertz CT molecular complexity index is 612. The quantitative estimate of drug-likeness (QED) is 0.660. The zero-order valence-corrected chi connectivity index (χ0v) is 15.1. The molecule has 1 aromatic carbocycles. The molecule has 1 fully saturated rings. The Kier molecular flexibility index (Phi) is 7.55. The number of benzene rings is 1. The van der Waals surface area contributed by atoms with Crippen LogP contribution in [-0.2, 0) is 11.3 Å². The van der Waals surface area contributed by atoms with E-state index in [0.717, 1.165) is 25.1 Å². The molecule has 0 bridgehead atoms. The molecule has 0 aliphatic carbocycles. The summed E-state index contributed by atoms with van der Waals surface area (Å²) in [4.78, 5) is 13.6. The van der Waals surface area contributed by atoms with Crippen LogP contribution in [0.15, 0.2) is 18.2 Å². The predicted octanol–water partition coefficient (Wildman–Crippen LogP) is 2.48. The van der Waals surface area contributed by atoms with Crippen molar-refractivity contribution < 1.29 is 14.3 Å². The summed E-state index contributed by atoms with van der Waals surface area (Å²) in [5, 5.41) is 12.0. The summed E-state index contributed by atoms with van der Waals surface area (Å²) < 4.78 is 11.1. The molecule has 1 aliphatic rings. The molecule has 2 rings (SSSR count). The highest BCUT2D eigenvalue weighted by atomic mass is 16.5. The number of rotatable bonds is 10. The monoisotopic (exact) mass is 345 g/mol. The van der Waals surface area contributed by atoms with Crippen molar-refractivity contribution in [1.29, 1.82) is 5.26 Å². The third-order valence-electron chi connectivity index (χ3n) is 4.24. The van der Waals surface area contributed by atoms with E-state index < -0.39 is 0 Å². The number of amides is 1. The predicted molar refractivity (Wildman–Crippen MR) is 95.5 cm³/mol. The van der Waals surface area contributed by atoms with Gasteiger partial charge in [0.15, 0.2) is 11.5 Å². The summed E-state index contributed by atoms with van der Waals surface area (Å²) in [6.07, 6.45) is 2.83. The number of hydrogen-bond donors (Lipinski definition) is 1. The molecule has 1 aliphatic heterocycles. The lowest BCUT2D eigenvalue weighted by atomic mass is 10.2. The van der Waals surface area contributed by atoms with E-state index in [1.54, 1.807) is 7.11 Å². The van der Waals surface area contributed by atoms with Crippen molar-refractivity contribution in [2.24, 2.45) is 0 Å². The molecular formula is C19H27N3O3. The topological polar surface area (TPSA) is 74.6 Å². The van der Waals surface area contributed by atoms with Crippen LogP contribution in [0.1, 0.15) is 38.2 Å². The second kappa shape index (κ2) is 9.90. The minimum Gasteiger partial charge on any atom is -0.493 e. The highest BCUT2D eigenvalue weighted by Crippen LogP contribution is 2.28. The van der Waals surface area contributed by atoms with Crippen molar-refractivity contribution in [2.45, 2.75) is 45.2 Å². The minimum absolute atomic E-state index is 0.226. The van der Waals surface area contributed by atoms with Crippen LogP contribution in [-0.4, -0.2) is 43.7 Å². The maximum atomic E-state index is 11.7. The Morgan fingerprint density at radius 3 is 2.92 bits per heavy atom. The molecular weight excluding hydrogens is 318 g/mol. The first-order valence-corrected chi connectivity index (χ1v) is 8.82. The fraction of sp³-hybridized carbons (Fsp3) is 0.579. The number of hydrogen-bond acceptors (Lipinski definition) is 5. The van der Waals surface area contributed by atoms with Gasteiger partial charge in [0.2, 0.25) is 5.91 Å². The van der Waals surface area contributed by atoms with Crippen molar-refractivity contribution in [3.63, 3.8) is 0 Å². The zero-order valence-electron chi connectivity index (χ0n) is 15.1. The smallest absolute Gasteiger partial charge is 0.222 e. The number of carbonyl (C=O) groups excluding carboxylic acids is 1. The van der Waals surface area contributed by atoms with Crippen LogP contribution in [0.2, 0.25) is 0 Å². The number of ether oxygens (including phenoxy) is 2. The van der Waals surface area contributed by atoms with Crippen molar-refractivity contribution in [2.75, 3.05) is 26.8 Å². The molecule has 6 heteroatoms. The number of likely N-dealkylation sites (tertiary alicyclic amines) is 1. The molecule has 0 radical (unpaired) electrons. The summed E-state index contributed by atoms with van der Waals surface area (Å²) >= 11 is 0. The summed E-state index contributed by atoms with van der Waals surface area (Å²) in [5.74, 6) is 1.64. The van der Waals surface area contributed by atoms with E-state index >= 15 is 0 Å². The van der Waals surface area contributed by atoms with Gasteiger partial charge in [0.1, 0.15) is 0 Å². The Hall–Kier alpha value is -2.26. The number of nitriles is 1. The molecule has 1 aromatic rings. The van der Waals surface area contributed by atoms with Crippen LogP contribution in [0, 0.1) is 11.3 Å². The van der Waals surface area contributed by atoms with E-state index in [9.17, 15) is 4.79 Å². The standard InChI is InChI=1S/C19H27N3O3/c1-15(14-22-10-5-6-19(22)23)21-13-16-7-8-17(24-2)18(12-16)25-11-4-3-9-20/h7-8,12,15,21H,3-6,10-11,13-14H2,1-2H3. The fourth-order valence-corrected chi connectivity index (χ4v) is 2.86. The highest BCUT2D eigenvalue weighted by molar-refractivity contribution is 5.78. The van der Waals surface area contributed by atoms with Crippen LogP contribution in [0.3, 0.4) is 0 Å². The minimum atomic E-state index is 0.226. The second-order valence-electron chi connectivity index (χ2n) is 6.32. The van der Waals surface area contributed by atoms with Crippen LogP contribution in [0.5, 0.6) is 11.5 Å². The van der Waals surface area contributed by atoms with Gasteiger partial charge in [-0.15, -0.1) is 0 Å². The summed E-state index contributed by atoms with van der Waals surface area (Å²) in [5.41, 5.74) is 1.09. The third kappa shape index (κ3) is 5.95. The molecule has 1 heterocycles. The van der Waals surface area contributed by atoms with E-state index in [-0.39, 0.29) is 11.9 Å². The van der Waals surface area contributed by atoms with Crippen molar-refractivity contribution in [3.05, 3.63) is 23.8 Å². The van der Waals surface area contributed by atoms with Gasteiger partial charge in [0.25, 0.3) is 0 Å². The molecule has 0 saturated carbocycles. The van der Waals surface area contributed by atoms with Crippen LogP contribution in [0.25, 0.3) is 0 Å². The van der Waals surface area contributed by atoms with Crippen molar-refractivity contribution in [1.82, 2.24) is 10.2 Å². The van der Waals surface area contributed by atoms with Crippen molar-refractivity contribution in [3.8, 4) is 17.6 Å². The van der Waals surface area contributed by atoms with E-state index in [2.05, 4.69) is 18.3 Å². The van der Waals surface area contributed by atoms with Crippen molar-refractivity contribution >= 4 is 5.91 Å². The van der Waals surface area contributed by atoms with Gasteiger partial charge in [0, 0.05) is 38.5 Å². The lowest BCUT2D eigenvalue weighted by molar-refractivity contribution is -0.127. The van der Waals surface area contributed by atoms with E-state index in [1.807, 2.05) is 23.1 Å². The number of nitrogens with one attached hydrogen (secondary N) is 1. The molecule has 0 aromatic heterocycles. The van der Waals surface area contributed by atoms with Crippen LogP contribution < -0.4 is 14.8 Å². The largest absolute Gasteiger partial charge is 0.493 e. The maximum Gasteiger partial charge on any atom is 0.222 e. The first-order valence-electron chi connectivity index (χ1n) is 8.82. The van der Waals surface area contributed by atoms with Crippen LogP contribution in [0.4, 0.5) is 0 Å². The van der Waals surface area contributed by atoms with Gasteiger partial charge in [0.05, 0.1) is 19.8 Å². The summed E-state index contributed by atoms with van der Waals surface area (Å²) in [7, 11) is 1.62. The average Bonchev–Trinajstić information content (AvgIpc) is 3.02.